The molecule has 0 radical (unpaired) electrons. The van der Waals surface area contributed by atoms with Gasteiger partial charge in [0.1, 0.15) is 0 Å². The molecule has 0 saturated carbocycles. The smallest absolute Gasteiger partial charge is 0.223 e. The van der Waals surface area contributed by atoms with Crippen molar-refractivity contribution in [1.82, 2.24) is 4.90 Å². The van der Waals surface area contributed by atoms with E-state index in [9.17, 15) is 9.59 Å². The Bertz CT molecular complexity index is 682. The number of thiophene rings is 1. The van der Waals surface area contributed by atoms with Gasteiger partial charge in [0.15, 0.2) is 5.78 Å². The third-order valence-electron chi connectivity index (χ3n) is 4.19. The first-order chi connectivity index (χ1) is 11.1. The third kappa shape index (κ3) is 3.90. The number of amides is 1. The molecule has 1 atom stereocenters. The van der Waals surface area contributed by atoms with E-state index in [2.05, 4.69) is 28.1 Å². The van der Waals surface area contributed by atoms with Crippen LogP contribution >= 0.6 is 27.3 Å². The van der Waals surface area contributed by atoms with Crippen LogP contribution < -0.4 is 0 Å². The van der Waals surface area contributed by atoms with Gasteiger partial charge in [0.2, 0.25) is 5.91 Å². The van der Waals surface area contributed by atoms with Crippen molar-refractivity contribution in [2.45, 2.75) is 31.7 Å². The molecule has 5 heteroatoms. The van der Waals surface area contributed by atoms with Gasteiger partial charge < -0.3 is 4.90 Å². The number of hydrogen-bond donors (Lipinski definition) is 0. The van der Waals surface area contributed by atoms with Gasteiger partial charge in [0.25, 0.3) is 0 Å². The SMILES string of the molecule is O=C(CCC(=O)N1CCCC1c1ccc(Br)cc1)c1cccs1. The monoisotopic (exact) mass is 391 g/mol. The van der Waals surface area contributed by atoms with Gasteiger partial charge in [-0.05, 0) is 42.0 Å². The fourth-order valence-corrected chi connectivity index (χ4v) is 3.98. The highest BCUT2D eigenvalue weighted by Gasteiger charge is 2.29. The van der Waals surface area contributed by atoms with Crippen molar-refractivity contribution in [2.75, 3.05) is 6.54 Å². The Hall–Kier alpha value is -1.46. The minimum atomic E-state index is 0.0627. The van der Waals surface area contributed by atoms with Gasteiger partial charge in [-0.3, -0.25) is 9.59 Å². The normalized spacial score (nSPS) is 17.4. The van der Waals surface area contributed by atoms with Gasteiger partial charge >= 0.3 is 0 Å². The molecule has 0 bridgehead atoms. The van der Waals surface area contributed by atoms with Crippen molar-refractivity contribution in [1.29, 1.82) is 0 Å². The zero-order chi connectivity index (χ0) is 16.2. The quantitative estimate of drug-likeness (QED) is 0.683. The van der Waals surface area contributed by atoms with Gasteiger partial charge in [-0.2, -0.15) is 0 Å². The lowest BCUT2D eigenvalue weighted by Crippen LogP contribution is -2.30. The van der Waals surface area contributed by atoms with Crippen molar-refractivity contribution in [2.24, 2.45) is 0 Å². The summed E-state index contributed by atoms with van der Waals surface area (Å²) in [5.41, 5.74) is 1.17. The standard InChI is InChI=1S/C18H18BrNO2S/c19-14-7-5-13(6-8-14)15-3-1-11-20(15)18(22)10-9-16(21)17-4-2-12-23-17/h2,4-8,12,15H,1,3,9-11H2. The average Bonchev–Trinajstić information content (AvgIpc) is 3.24. The second kappa shape index (κ2) is 7.41. The van der Waals surface area contributed by atoms with Crippen molar-refractivity contribution in [3.8, 4) is 0 Å². The number of benzene rings is 1. The van der Waals surface area contributed by atoms with Crippen LogP contribution in [0.3, 0.4) is 0 Å². The topological polar surface area (TPSA) is 37.4 Å². The average molecular weight is 392 g/mol. The number of carbonyl (C=O) groups excluding carboxylic acids is 2. The molecule has 1 fully saturated rings. The summed E-state index contributed by atoms with van der Waals surface area (Å²) < 4.78 is 1.04. The largest absolute Gasteiger partial charge is 0.336 e. The molecule has 1 aromatic carbocycles. The molecule has 2 aromatic rings. The van der Waals surface area contributed by atoms with E-state index in [1.807, 2.05) is 34.5 Å². The lowest BCUT2D eigenvalue weighted by molar-refractivity contribution is -0.132. The number of ketones is 1. The Morgan fingerprint density at radius 2 is 1.96 bits per heavy atom. The summed E-state index contributed by atoms with van der Waals surface area (Å²) in [5, 5.41) is 1.89. The first-order valence-corrected chi connectivity index (χ1v) is 9.44. The molecule has 1 saturated heterocycles. The van der Waals surface area contributed by atoms with Gasteiger partial charge in [-0.25, -0.2) is 0 Å². The fraction of sp³-hybridized carbons (Fsp3) is 0.333. The van der Waals surface area contributed by atoms with Crippen LogP contribution in [0.15, 0.2) is 46.3 Å². The van der Waals surface area contributed by atoms with Gasteiger partial charge in [-0.15, -0.1) is 11.3 Å². The zero-order valence-corrected chi connectivity index (χ0v) is 15.1. The first-order valence-electron chi connectivity index (χ1n) is 7.77. The highest BCUT2D eigenvalue weighted by atomic mass is 79.9. The molecule has 3 rings (SSSR count). The summed E-state index contributed by atoms with van der Waals surface area (Å²) in [7, 11) is 0. The molecule has 1 aliphatic heterocycles. The van der Waals surface area contributed by atoms with Crippen LogP contribution in [0, 0.1) is 0 Å². The number of halogens is 1. The molecule has 3 nitrogen and oxygen atoms in total. The van der Waals surface area contributed by atoms with Gasteiger partial charge in [0.05, 0.1) is 10.9 Å². The van der Waals surface area contributed by atoms with Crippen LogP contribution in [0.25, 0.3) is 0 Å². The second-order valence-electron chi connectivity index (χ2n) is 5.70. The third-order valence-corrected chi connectivity index (χ3v) is 5.63. The van der Waals surface area contributed by atoms with E-state index >= 15 is 0 Å². The Morgan fingerprint density at radius 1 is 1.17 bits per heavy atom. The van der Waals surface area contributed by atoms with Gasteiger partial charge in [0, 0.05) is 23.9 Å². The van der Waals surface area contributed by atoms with E-state index in [1.54, 1.807) is 0 Å². The Kier molecular flexibility index (Phi) is 5.28. The predicted molar refractivity (Wildman–Crippen MR) is 95.7 cm³/mol. The summed E-state index contributed by atoms with van der Waals surface area (Å²) in [4.78, 5) is 27.3. The van der Waals surface area contributed by atoms with E-state index in [1.165, 1.54) is 16.9 Å². The van der Waals surface area contributed by atoms with E-state index in [-0.39, 0.29) is 17.7 Å². The Labute approximate surface area is 148 Å². The molecule has 120 valence electrons. The maximum atomic E-state index is 12.5. The van der Waals surface area contributed by atoms with Crippen LogP contribution in [0.2, 0.25) is 0 Å². The first kappa shape index (κ1) is 16.4. The molecule has 2 heterocycles. The van der Waals surface area contributed by atoms with Crippen molar-refractivity contribution >= 4 is 39.0 Å². The maximum Gasteiger partial charge on any atom is 0.223 e. The molecule has 23 heavy (non-hydrogen) atoms. The number of likely N-dealkylation sites (tertiary alicyclic amines) is 1. The molecule has 1 unspecified atom stereocenters. The molecule has 0 spiro atoms. The summed E-state index contributed by atoms with van der Waals surface area (Å²) in [6, 6.07) is 12.0. The molecule has 1 aromatic heterocycles. The van der Waals surface area contributed by atoms with Crippen molar-refractivity contribution in [3.63, 3.8) is 0 Å². The summed E-state index contributed by atoms with van der Waals surface area (Å²) in [6.45, 7) is 0.784. The number of hydrogen-bond acceptors (Lipinski definition) is 3. The van der Waals surface area contributed by atoms with E-state index in [4.69, 9.17) is 0 Å². The highest BCUT2D eigenvalue weighted by Crippen LogP contribution is 2.33. The molecule has 1 amide bonds. The fourth-order valence-electron chi connectivity index (χ4n) is 3.02. The predicted octanol–water partition coefficient (Wildman–Crippen LogP) is 4.84. The van der Waals surface area contributed by atoms with Crippen LogP contribution in [0.1, 0.15) is 47.0 Å². The lowest BCUT2D eigenvalue weighted by Gasteiger charge is -2.25. The number of carbonyl (C=O) groups is 2. The number of nitrogens with zero attached hydrogens (tertiary/aromatic N) is 1. The Morgan fingerprint density at radius 3 is 2.65 bits per heavy atom. The second-order valence-corrected chi connectivity index (χ2v) is 7.56. The minimum absolute atomic E-state index is 0.0627. The summed E-state index contributed by atoms with van der Waals surface area (Å²) in [6.07, 6.45) is 2.60. The van der Waals surface area contributed by atoms with Crippen molar-refractivity contribution < 1.29 is 9.59 Å². The summed E-state index contributed by atoms with van der Waals surface area (Å²) >= 11 is 4.88. The Balaban J connectivity index is 1.62. The molecule has 0 aliphatic carbocycles. The molecular weight excluding hydrogens is 374 g/mol. The van der Waals surface area contributed by atoms with Crippen LogP contribution in [-0.4, -0.2) is 23.1 Å². The maximum absolute atomic E-state index is 12.5. The van der Waals surface area contributed by atoms with E-state index in [0.29, 0.717) is 12.8 Å². The van der Waals surface area contributed by atoms with Crippen LogP contribution in [0.5, 0.6) is 0 Å². The number of rotatable bonds is 5. The molecule has 1 aliphatic rings. The highest BCUT2D eigenvalue weighted by molar-refractivity contribution is 9.10. The van der Waals surface area contributed by atoms with Crippen LogP contribution in [-0.2, 0) is 4.79 Å². The minimum Gasteiger partial charge on any atom is -0.336 e. The van der Waals surface area contributed by atoms with E-state index < -0.39 is 0 Å². The molecular formula is C18H18BrNO2S. The van der Waals surface area contributed by atoms with Gasteiger partial charge in [-0.1, -0.05) is 34.1 Å². The van der Waals surface area contributed by atoms with E-state index in [0.717, 1.165) is 28.7 Å². The summed E-state index contributed by atoms with van der Waals surface area (Å²) in [5.74, 6) is 0.146. The van der Waals surface area contributed by atoms with Crippen LogP contribution in [0.4, 0.5) is 0 Å². The number of Topliss-reactive ketones (excluding diaryl/α,β-unsaturated/α-hetero) is 1. The zero-order valence-electron chi connectivity index (χ0n) is 12.7. The van der Waals surface area contributed by atoms with Crippen molar-refractivity contribution in [3.05, 3.63) is 56.7 Å². The lowest BCUT2D eigenvalue weighted by atomic mass is 10.0. The molecule has 0 N–H and O–H groups in total.